The van der Waals surface area contributed by atoms with E-state index >= 15 is 0 Å². The molecule has 1 aliphatic heterocycles. The Kier molecular flexibility index (Phi) is 3.82. The van der Waals surface area contributed by atoms with Crippen LogP contribution in [-0.4, -0.2) is 35.9 Å². The summed E-state index contributed by atoms with van der Waals surface area (Å²) in [5.41, 5.74) is 1.38. The number of nitrogens with zero attached hydrogens (tertiary/aromatic N) is 2. The van der Waals surface area contributed by atoms with Crippen LogP contribution in [0.2, 0.25) is 0 Å². The first-order valence-corrected chi connectivity index (χ1v) is 8.67. The van der Waals surface area contributed by atoms with Gasteiger partial charge in [0.05, 0.1) is 16.7 Å². The summed E-state index contributed by atoms with van der Waals surface area (Å²) in [6.45, 7) is 8.32. The third-order valence-electron chi connectivity index (χ3n) is 5.33. The molecule has 21 heavy (non-hydrogen) atoms. The monoisotopic (exact) mass is 307 g/mol. The van der Waals surface area contributed by atoms with Crippen molar-refractivity contribution in [1.82, 2.24) is 15.2 Å². The van der Waals surface area contributed by atoms with Crippen molar-refractivity contribution in [3.63, 3.8) is 0 Å². The largest absolute Gasteiger partial charge is 0.338 e. The van der Waals surface area contributed by atoms with Crippen molar-refractivity contribution >= 4 is 17.2 Å². The van der Waals surface area contributed by atoms with Crippen LogP contribution in [0, 0.1) is 25.2 Å². The Hall–Kier alpha value is -0.940. The first-order chi connectivity index (χ1) is 9.94. The molecule has 0 radical (unpaired) electrons. The Bertz CT molecular complexity index is 548. The molecule has 116 valence electrons. The second kappa shape index (κ2) is 5.36. The fourth-order valence-corrected chi connectivity index (χ4v) is 4.74. The van der Waals surface area contributed by atoms with E-state index in [2.05, 4.69) is 17.2 Å². The minimum atomic E-state index is 0.128. The standard InChI is InChI=1S/C16H25N3OS/c1-10-14(21-12(3)18-10)11(2)19(4)15(20)13-9-16(13)5-7-17-8-6-16/h11,13,17H,5-9H2,1-4H3/t11-,13+/m1/s1. The Morgan fingerprint density at radius 1 is 1.43 bits per heavy atom. The molecular weight excluding hydrogens is 282 g/mol. The molecule has 1 aromatic heterocycles. The summed E-state index contributed by atoms with van der Waals surface area (Å²) < 4.78 is 0. The van der Waals surface area contributed by atoms with Crippen molar-refractivity contribution in [2.75, 3.05) is 20.1 Å². The van der Waals surface area contributed by atoms with E-state index in [9.17, 15) is 4.79 Å². The first kappa shape index (κ1) is 15.0. The van der Waals surface area contributed by atoms with Gasteiger partial charge in [-0.1, -0.05) is 0 Å². The molecule has 5 heteroatoms. The normalized spacial score (nSPS) is 24.9. The number of rotatable bonds is 3. The first-order valence-electron chi connectivity index (χ1n) is 7.86. The Morgan fingerprint density at radius 3 is 2.67 bits per heavy atom. The van der Waals surface area contributed by atoms with Gasteiger partial charge in [0.25, 0.3) is 0 Å². The van der Waals surface area contributed by atoms with E-state index in [-0.39, 0.29) is 12.0 Å². The van der Waals surface area contributed by atoms with Crippen LogP contribution in [0.4, 0.5) is 0 Å². The topological polar surface area (TPSA) is 45.2 Å². The Morgan fingerprint density at radius 2 is 2.10 bits per heavy atom. The second-order valence-corrected chi connectivity index (χ2v) is 7.91. The zero-order valence-electron chi connectivity index (χ0n) is 13.4. The second-order valence-electron chi connectivity index (χ2n) is 6.68. The number of nitrogens with one attached hydrogen (secondary N) is 1. The number of piperidine rings is 1. The van der Waals surface area contributed by atoms with Gasteiger partial charge in [-0.05, 0) is 58.5 Å². The highest BCUT2D eigenvalue weighted by Gasteiger charge is 2.58. The molecule has 2 heterocycles. The van der Waals surface area contributed by atoms with Crippen LogP contribution < -0.4 is 5.32 Å². The fourth-order valence-electron chi connectivity index (χ4n) is 3.72. The summed E-state index contributed by atoms with van der Waals surface area (Å²) >= 11 is 1.71. The van der Waals surface area contributed by atoms with Crippen LogP contribution in [0.1, 0.15) is 47.8 Å². The van der Waals surface area contributed by atoms with E-state index in [1.54, 1.807) is 11.3 Å². The molecule has 0 bridgehead atoms. The Balaban J connectivity index is 1.69. The maximum atomic E-state index is 12.8. The van der Waals surface area contributed by atoms with E-state index in [4.69, 9.17) is 0 Å². The third kappa shape index (κ3) is 2.61. The molecule has 1 saturated carbocycles. The van der Waals surface area contributed by atoms with E-state index in [0.717, 1.165) is 43.1 Å². The number of carbonyl (C=O) groups excluding carboxylic acids is 1. The Labute approximate surface area is 130 Å². The molecule has 2 aliphatic rings. The molecule has 0 aromatic carbocycles. The van der Waals surface area contributed by atoms with Crippen molar-refractivity contribution in [2.24, 2.45) is 11.3 Å². The van der Waals surface area contributed by atoms with Crippen molar-refractivity contribution in [3.8, 4) is 0 Å². The van der Waals surface area contributed by atoms with Gasteiger partial charge < -0.3 is 10.2 Å². The van der Waals surface area contributed by atoms with Crippen molar-refractivity contribution in [1.29, 1.82) is 0 Å². The lowest BCUT2D eigenvalue weighted by atomic mass is 9.91. The summed E-state index contributed by atoms with van der Waals surface area (Å²) in [4.78, 5) is 20.5. The van der Waals surface area contributed by atoms with Gasteiger partial charge in [0.15, 0.2) is 0 Å². The highest BCUT2D eigenvalue weighted by Crippen LogP contribution is 2.59. The predicted octanol–water partition coefficient (Wildman–Crippen LogP) is 2.67. The van der Waals surface area contributed by atoms with Gasteiger partial charge in [0.1, 0.15) is 0 Å². The van der Waals surface area contributed by atoms with Crippen LogP contribution in [0.5, 0.6) is 0 Å². The predicted molar refractivity (Wildman–Crippen MR) is 85.4 cm³/mol. The van der Waals surface area contributed by atoms with Crippen LogP contribution >= 0.6 is 11.3 Å². The van der Waals surface area contributed by atoms with Gasteiger partial charge in [-0.15, -0.1) is 11.3 Å². The van der Waals surface area contributed by atoms with Gasteiger partial charge in [-0.2, -0.15) is 0 Å². The number of thiazole rings is 1. The van der Waals surface area contributed by atoms with E-state index in [1.807, 2.05) is 25.8 Å². The molecule has 3 rings (SSSR count). The number of aryl methyl sites for hydroxylation is 2. The van der Waals surface area contributed by atoms with E-state index in [1.165, 1.54) is 4.88 Å². The average molecular weight is 307 g/mol. The van der Waals surface area contributed by atoms with E-state index < -0.39 is 0 Å². The van der Waals surface area contributed by atoms with Crippen LogP contribution in [0.3, 0.4) is 0 Å². The molecule has 2 atom stereocenters. The lowest BCUT2D eigenvalue weighted by molar-refractivity contribution is -0.134. The molecule has 1 aromatic rings. The SMILES string of the molecule is Cc1nc(C)c([C@@H](C)N(C)C(=O)[C@@H]2CC23CCNCC3)s1. The number of aromatic nitrogens is 1. The number of amides is 1. The maximum absolute atomic E-state index is 12.8. The quantitative estimate of drug-likeness (QED) is 0.934. The summed E-state index contributed by atoms with van der Waals surface area (Å²) in [5.74, 6) is 0.580. The van der Waals surface area contributed by atoms with Gasteiger partial charge in [-0.3, -0.25) is 4.79 Å². The average Bonchev–Trinajstić information content (AvgIpc) is 3.04. The summed E-state index contributed by atoms with van der Waals surface area (Å²) in [6.07, 6.45) is 3.40. The minimum Gasteiger partial charge on any atom is -0.338 e. The maximum Gasteiger partial charge on any atom is 0.226 e. The molecule has 0 unspecified atom stereocenters. The van der Waals surface area contributed by atoms with Gasteiger partial charge >= 0.3 is 0 Å². The smallest absolute Gasteiger partial charge is 0.226 e. The molecule has 2 fully saturated rings. The zero-order chi connectivity index (χ0) is 15.2. The fraction of sp³-hybridized carbons (Fsp3) is 0.750. The lowest BCUT2D eigenvalue weighted by Crippen LogP contribution is -2.35. The number of hydrogen-bond donors (Lipinski definition) is 1. The summed E-state index contributed by atoms with van der Waals surface area (Å²) in [7, 11) is 1.95. The molecule has 1 spiro atoms. The highest BCUT2D eigenvalue weighted by atomic mass is 32.1. The van der Waals surface area contributed by atoms with Crippen molar-refractivity contribution in [3.05, 3.63) is 15.6 Å². The van der Waals surface area contributed by atoms with Crippen LogP contribution in [0.15, 0.2) is 0 Å². The number of hydrogen-bond acceptors (Lipinski definition) is 4. The molecule has 1 aliphatic carbocycles. The van der Waals surface area contributed by atoms with Crippen molar-refractivity contribution in [2.45, 2.75) is 46.1 Å². The number of carbonyl (C=O) groups is 1. The third-order valence-corrected chi connectivity index (χ3v) is 6.58. The summed E-state index contributed by atoms with van der Waals surface area (Å²) in [6, 6.07) is 0.128. The minimum absolute atomic E-state index is 0.128. The van der Waals surface area contributed by atoms with Gasteiger partial charge in [0, 0.05) is 17.8 Å². The molecule has 4 nitrogen and oxygen atoms in total. The van der Waals surface area contributed by atoms with E-state index in [0.29, 0.717) is 11.3 Å². The van der Waals surface area contributed by atoms with Crippen LogP contribution in [0.25, 0.3) is 0 Å². The van der Waals surface area contributed by atoms with Gasteiger partial charge in [-0.25, -0.2) is 4.98 Å². The lowest BCUT2D eigenvalue weighted by Gasteiger charge is -2.28. The van der Waals surface area contributed by atoms with Crippen LogP contribution in [-0.2, 0) is 4.79 Å². The summed E-state index contributed by atoms with van der Waals surface area (Å²) in [5, 5.41) is 4.48. The molecule has 1 saturated heterocycles. The molecule has 1 N–H and O–H groups in total. The highest BCUT2D eigenvalue weighted by molar-refractivity contribution is 7.11. The zero-order valence-corrected chi connectivity index (χ0v) is 14.2. The van der Waals surface area contributed by atoms with Gasteiger partial charge in [0.2, 0.25) is 5.91 Å². The van der Waals surface area contributed by atoms with Crippen molar-refractivity contribution < 1.29 is 4.79 Å². The molecular formula is C16H25N3OS. The molecule has 1 amide bonds.